The first kappa shape index (κ1) is 25.3. The molecule has 184 valence electrons. The standard InChI is InChI=1S/C29H30BrN5O/c1-2-4-23-14-24(22-6-3-5-20(11-22)16-31)15-28(27(23)17-32)34-26-7-9-35(10-8-26)29(36)13-21-12-25(30)19-33-18-21/h2-6,11-12,14-15,17-18,26,33-34H,1,7-10,13,19,32H2/b23-4-,27-17+. The maximum atomic E-state index is 12.8. The molecule has 1 saturated heterocycles. The molecule has 0 radical (unpaired) electrons. The van der Waals surface area contributed by atoms with Crippen molar-refractivity contribution >= 4 is 39.8 Å². The molecule has 0 unspecified atom stereocenters. The summed E-state index contributed by atoms with van der Waals surface area (Å²) in [5.74, 6) is 0.151. The van der Waals surface area contributed by atoms with Crippen LogP contribution in [0.5, 0.6) is 0 Å². The average Bonchev–Trinajstić information content (AvgIpc) is 2.89. The van der Waals surface area contributed by atoms with Gasteiger partial charge in [0.2, 0.25) is 5.91 Å². The van der Waals surface area contributed by atoms with Crippen molar-refractivity contribution in [2.75, 3.05) is 25.0 Å². The molecule has 2 heterocycles. The summed E-state index contributed by atoms with van der Waals surface area (Å²) < 4.78 is 1.05. The van der Waals surface area contributed by atoms with Crippen molar-refractivity contribution in [3.8, 4) is 17.2 Å². The van der Waals surface area contributed by atoms with Crippen molar-refractivity contribution in [2.45, 2.75) is 25.3 Å². The van der Waals surface area contributed by atoms with Crippen LogP contribution in [-0.2, 0) is 4.79 Å². The Morgan fingerprint density at radius 3 is 2.78 bits per heavy atom. The van der Waals surface area contributed by atoms with Crippen molar-refractivity contribution in [1.82, 2.24) is 10.2 Å². The first-order valence-corrected chi connectivity index (χ1v) is 12.8. The normalized spacial score (nSPS) is 17.1. The van der Waals surface area contributed by atoms with E-state index in [2.05, 4.69) is 51.3 Å². The predicted molar refractivity (Wildman–Crippen MR) is 150 cm³/mol. The highest BCUT2D eigenvalue weighted by molar-refractivity contribution is 9.11. The Balaban J connectivity index is 1.51. The number of carbonyl (C=O) groups excluding carboxylic acids is 1. The van der Waals surface area contributed by atoms with Gasteiger partial charge in [-0.1, -0.05) is 46.8 Å². The molecular formula is C29H30BrN5O. The molecule has 0 spiro atoms. The van der Waals surface area contributed by atoms with Gasteiger partial charge in [-0.3, -0.25) is 4.79 Å². The van der Waals surface area contributed by atoms with Crippen molar-refractivity contribution in [3.63, 3.8) is 0 Å². The molecular weight excluding hydrogens is 514 g/mol. The van der Waals surface area contributed by atoms with Gasteiger partial charge in [-0.25, -0.2) is 0 Å². The lowest BCUT2D eigenvalue weighted by Gasteiger charge is -2.33. The van der Waals surface area contributed by atoms with Gasteiger partial charge in [0.1, 0.15) is 0 Å². The number of nitrogens with zero attached hydrogens (tertiary/aromatic N) is 2. The maximum Gasteiger partial charge on any atom is 0.227 e. The molecule has 0 saturated carbocycles. The minimum atomic E-state index is 0.151. The summed E-state index contributed by atoms with van der Waals surface area (Å²) in [7, 11) is 0. The van der Waals surface area contributed by atoms with Crippen LogP contribution in [0.15, 0.2) is 71.4 Å². The second-order valence-electron chi connectivity index (χ2n) is 8.96. The van der Waals surface area contributed by atoms with E-state index in [0.29, 0.717) is 25.1 Å². The summed E-state index contributed by atoms with van der Waals surface area (Å²) in [6.07, 6.45) is 11.3. The van der Waals surface area contributed by atoms with E-state index >= 15 is 0 Å². The zero-order chi connectivity index (χ0) is 25.5. The minimum absolute atomic E-state index is 0.151. The van der Waals surface area contributed by atoms with Gasteiger partial charge in [-0.05, 0) is 65.1 Å². The first-order valence-electron chi connectivity index (χ1n) is 12.0. The van der Waals surface area contributed by atoms with Crippen molar-refractivity contribution < 1.29 is 4.79 Å². The highest BCUT2D eigenvalue weighted by atomic mass is 79.9. The van der Waals surface area contributed by atoms with Gasteiger partial charge in [-0.2, -0.15) is 5.26 Å². The summed E-state index contributed by atoms with van der Waals surface area (Å²) in [4.78, 5) is 14.8. The number of nitrogens with two attached hydrogens (primary N) is 1. The summed E-state index contributed by atoms with van der Waals surface area (Å²) in [6.45, 7) is 6.03. The number of allylic oxidation sites excluding steroid dienone is 2. The van der Waals surface area contributed by atoms with Crippen LogP contribution in [-0.4, -0.2) is 36.5 Å². The van der Waals surface area contributed by atoms with E-state index in [1.165, 1.54) is 0 Å². The summed E-state index contributed by atoms with van der Waals surface area (Å²) in [5, 5.41) is 18.0. The number of nitriles is 1. The highest BCUT2D eigenvalue weighted by Crippen LogP contribution is 2.23. The Morgan fingerprint density at radius 2 is 2.08 bits per heavy atom. The van der Waals surface area contributed by atoms with Crippen molar-refractivity contribution in [3.05, 3.63) is 87.4 Å². The molecule has 2 aromatic carbocycles. The maximum absolute atomic E-state index is 12.8. The van der Waals surface area contributed by atoms with E-state index in [1.807, 2.05) is 41.5 Å². The van der Waals surface area contributed by atoms with Crippen molar-refractivity contribution in [1.29, 1.82) is 5.26 Å². The van der Waals surface area contributed by atoms with E-state index in [4.69, 9.17) is 5.73 Å². The minimum Gasteiger partial charge on any atom is -0.404 e. The van der Waals surface area contributed by atoms with Crippen LogP contribution in [0, 0.1) is 11.3 Å². The van der Waals surface area contributed by atoms with Crippen LogP contribution in [0.25, 0.3) is 23.4 Å². The zero-order valence-corrected chi connectivity index (χ0v) is 21.7. The second kappa shape index (κ2) is 11.8. The third-order valence-electron chi connectivity index (χ3n) is 6.46. The molecule has 1 fully saturated rings. The largest absolute Gasteiger partial charge is 0.404 e. The fourth-order valence-corrected chi connectivity index (χ4v) is 5.09. The van der Waals surface area contributed by atoms with E-state index in [0.717, 1.165) is 56.7 Å². The zero-order valence-electron chi connectivity index (χ0n) is 20.1. The van der Waals surface area contributed by atoms with Crippen LogP contribution < -0.4 is 26.8 Å². The monoisotopic (exact) mass is 543 g/mol. The first-order chi connectivity index (χ1) is 17.5. The van der Waals surface area contributed by atoms with Gasteiger partial charge in [0.25, 0.3) is 0 Å². The topological polar surface area (TPSA) is 94.2 Å². The number of dihydropyridines is 1. The summed E-state index contributed by atoms with van der Waals surface area (Å²) in [6, 6.07) is 14.1. The SMILES string of the molecule is C=C/C=c1/cc(-c2cccc(C#N)c2)cc(NC2CCN(C(=O)CC3=CNCC(Br)=C3)CC2)/c1=C/N. The van der Waals surface area contributed by atoms with E-state index in [-0.39, 0.29) is 11.9 Å². The molecule has 0 atom stereocenters. The molecule has 2 aliphatic rings. The molecule has 36 heavy (non-hydrogen) atoms. The number of benzene rings is 2. The lowest BCUT2D eigenvalue weighted by atomic mass is 9.99. The highest BCUT2D eigenvalue weighted by Gasteiger charge is 2.23. The van der Waals surface area contributed by atoms with Crippen LogP contribution in [0.4, 0.5) is 5.69 Å². The third-order valence-corrected chi connectivity index (χ3v) is 6.97. The summed E-state index contributed by atoms with van der Waals surface area (Å²) >= 11 is 3.50. The number of hydrogen-bond acceptors (Lipinski definition) is 5. The van der Waals surface area contributed by atoms with Gasteiger partial charge in [0.15, 0.2) is 0 Å². The molecule has 2 aromatic rings. The van der Waals surface area contributed by atoms with Crippen LogP contribution in [0.3, 0.4) is 0 Å². The second-order valence-corrected chi connectivity index (χ2v) is 9.97. The van der Waals surface area contributed by atoms with Crippen molar-refractivity contribution in [2.24, 2.45) is 5.73 Å². The van der Waals surface area contributed by atoms with E-state index < -0.39 is 0 Å². The predicted octanol–water partition coefficient (Wildman–Crippen LogP) is 3.45. The number of amides is 1. The lowest BCUT2D eigenvalue weighted by molar-refractivity contribution is -0.131. The Kier molecular flexibility index (Phi) is 8.29. The van der Waals surface area contributed by atoms with Crippen LogP contribution in [0.1, 0.15) is 24.8 Å². The Bertz CT molecular complexity index is 1380. The molecule has 0 bridgehead atoms. The smallest absolute Gasteiger partial charge is 0.227 e. The van der Waals surface area contributed by atoms with Gasteiger partial charge in [0.05, 0.1) is 18.1 Å². The quantitative estimate of drug-likeness (QED) is 0.518. The number of rotatable bonds is 6. The Morgan fingerprint density at radius 1 is 1.28 bits per heavy atom. The number of likely N-dealkylation sites (tertiary alicyclic amines) is 1. The number of halogens is 1. The van der Waals surface area contributed by atoms with Gasteiger partial charge < -0.3 is 21.3 Å². The number of nitrogens with one attached hydrogen (secondary N) is 2. The van der Waals surface area contributed by atoms with Crippen LogP contribution >= 0.6 is 15.9 Å². The molecule has 0 aliphatic carbocycles. The Hall–Kier alpha value is -3.76. The van der Waals surface area contributed by atoms with E-state index in [9.17, 15) is 10.1 Å². The molecule has 6 nitrogen and oxygen atoms in total. The fraction of sp³-hybridized carbons (Fsp3) is 0.241. The van der Waals surface area contributed by atoms with Gasteiger partial charge >= 0.3 is 0 Å². The lowest BCUT2D eigenvalue weighted by Crippen LogP contribution is -2.43. The van der Waals surface area contributed by atoms with Crippen LogP contribution in [0.2, 0.25) is 0 Å². The van der Waals surface area contributed by atoms with E-state index in [1.54, 1.807) is 18.3 Å². The molecule has 0 aromatic heterocycles. The fourth-order valence-electron chi connectivity index (χ4n) is 4.64. The van der Waals surface area contributed by atoms with Gasteiger partial charge in [0, 0.05) is 53.5 Å². The average molecular weight is 544 g/mol. The number of anilines is 1. The number of piperidine rings is 1. The summed E-state index contributed by atoms with van der Waals surface area (Å²) in [5.41, 5.74) is 10.5. The molecule has 2 aliphatic heterocycles. The Labute approximate surface area is 220 Å². The number of hydrogen-bond donors (Lipinski definition) is 3. The molecule has 4 rings (SSSR count). The van der Waals surface area contributed by atoms with Gasteiger partial charge in [-0.15, -0.1) is 0 Å². The third kappa shape index (κ3) is 6.07. The molecule has 1 amide bonds. The molecule has 4 N–H and O–H groups in total. The number of carbonyl (C=O) groups is 1. The molecule has 7 heteroatoms.